The van der Waals surface area contributed by atoms with E-state index in [1.165, 1.54) is 6.92 Å². The highest BCUT2D eigenvalue weighted by Gasteiger charge is 2.61. The zero-order chi connectivity index (χ0) is 14.6. The lowest BCUT2D eigenvalue weighted by Gasteiger charge is -2.24. The molecule has 0 radical (unpaired) electrons. The van der Waals surface area contributed by atoms with Crippen LogP contribution in [0.2, 0.25) is 0 Å². The van der Waals surface area contributed by atoms with Gasteiger partial charge in [0, 0.05) is 12.6 Å². The molecular formula is C9H13F6NO2. The smallest absolute Gasteiger partial charge is 0.396 e. The van der Waals surface area contributed by atoms with Crippen molar-refractivity contribution in [2.45, 2.75) is 38.2 Å². The van der Waals surface area contributed by atoms with Crippen LogP contribution in [0.3, 0.4) is 0 Å². The summed E-state index contributed by atoms with van der Waals surface area (Å²) >= 11 is 0. The Balaban J connectivity index is 4.70. The van der Waals surface area contributed by atoms with Crippen molar-refractivity contribution < 1.29 is 36.2 Å². The van der Waals surface area contributed by atoms with Crippen LogP contribution in [-0.4, -0.2) is 36.0 Å². The van der Waals surface area contributed by atoms with E-state index >= 15 is 0 Å². The molecule has 1 amide bonds. The van der Waals surface area contributed by atoms with E-state index in [9.17, 15) is 31.1 Å². The molecule has 1 unspecified atom stereocenters. The Bertz CT molecular complexity index is 261. The third-order valence-corrected chi connectivity index (χ3v) is 2.10. The van der Waals surface area contributed by atoms with Crippen LogP contribution in [-0.2, 0) is 4.79 Å². The molecule has 0 aliphatic carbocycles. The van der Waals surface area contributed by atoms with E-state index in [1.807, 2.05) is 0 Å². The van der Waals surface area contributed by atoms with Gasteiger partial charge in [-0.25, -0.2) is 0 Å². The number of alkyl halides is 6. The number of nitrogens with one attached hydrogen (secondary N) is 1. The minimum Gasteiger partial charge on any atom is -0.396 e. The predicted molar refractivity (Wildman–Crippen MR) is 49.5 cm³/mol. The summed E-state index contributed by atoms with van der Waals surface area (Å²) in [6.45, 7) is 1.000. The van der Waals surface area contributed by atoms with Gasteiger partial charge in [-0.05, 0) is 19.8 Å². The Hall–Kier alpha value is -0.990. The Morgan fingerprint density at radius 1 is 1.17 bits per heavy atom. The second-order valence-corrected chi connectivity index (χ2v) is 3.79. The summed E-state index contributed by atoms with van der Waals surface area (Å²) in [5.41, 5.74) is 0. The van der Waals surface area contributed by atoms with Gasteiger partial charge in [0.2, 0.25) is 11.8 Å². The SMILES string of the molecule is CC(CCCO)NC(=O)C(C(F)(F)F)C(F)(F)F. The number of carbonyl (C=O) groups excluding carboxylic acids is 1. The standard InChI is InChI=1S/C9H13F6NO2/c1-5(3-2-4-17)16-7(18)6(8(10,11)12)9(13,14)15/h5-6,17H,2-4H2,1H3,(H,16,18). The van der Waals surface area contributed by atoms with Crippen molar-refractivity contribution in [2.75, 3.05) is 6.61 Å². The molecule has 1 atom stereocenters. The summed E-state index contributed by atoms with van der Waals surface area (Å²) in [7, 11) is 0. The fourth-order valence-corrected chi connectivity index (χ4v) is 1.28. The third kappa shape index (κ3) is 5.56. The molecule has 0 bridgehead atoms. The molecule has 0 saturated heterocycles. The molecule has 0 aromatic carbocycles. The van der Waals surface area contributed by atoms with Crippen molar-refractivity contribution in [1.29, 1.82) is 0 Å². The van der Waals surface area contributed by atoms with E-state index in [2.05, 4.69) is 0 Å². The molecule has 0 aromatic rings. The van der Waals surface area contributed by atoms with Gasteiger partial charge in [0.05, 0.1) is 0 Å². The molecule has 0 spiro atoms. The number of hydrogen-bond donors (Lipinski definition) is 2. The summed E-state index contributed by atoms with van der Waals surface area (Å²) in [4.78, 5) is 11.0. The van der Waals surface area contributed by atoms with Gasteiger partial charge in [-0.15, -0.1) is 0 Å². The monoisotopic (exact) mass is 281 g/mol. The third-order valence-electron chi connectivity index (χ3n) is 2.10. The first-order valence-electron chi connectivity index (χ1n) is 5.04. The van der Waals surface area contributed by atoms with E-state index in [4.69, 9.17) is 5.11 Å². The van der Waals surface area contributed by atoms with Gasteiger partial charge >= 0.3 is 12.4 Å². The number of hydrogen-bond acceptors (Lipinski definition) is 2. The van der Waals surface area contributed by atoms with Crippen molar-refractivity contribution in [1.82, 2.24) is 5.32 Å². The highest BCUT2D eigenvalue weighted by Crippen LogP contribution is 2.39. The Morgan fingerprint density at radius 3 is 1.94 bits per heavy atom. The van der Waals surface area contributed by atoms with Gasteiger partial charge in [-0.1, -0.05) is 0 Å². The van der Waals surface area contributed by atoms with E-state index in [1.54, 1.807) is 5.32 Å². The van der Waals surface area contributed by atoms with Gasteiger partial charge in [-0.2, -0.15) is 26.3 Å². The van der Waals surface area contributed by atoms with Crippen LogP contribution < -0.4 is 5.32 Å². The number of rotatable bonds is 5. The fourth-order valence-electron chi connectivity index (χ4n) is 1.28. The molecule has 0 aliphatic heterocycles. The topological polar surface area (TPSA) is 49.3 Å². The van der Waals surface area contributed by atoms with Gasteiger partial charge in [0.1, 0.15) is 0 Å². The van der Waals surface area contributed by atoms with Crippen LogP contribution in [0.15, 0.2) is 0 Å². The normalized spacial score (nSPS) is 14.7. The Kier molecular flexibility index (Phi) is 5.91. The molecule has 0 aliphatic rings. The summed E-state index contributed by atoms with van der Waals surface area (Å²) in [5.74, 6) is -6.15. The molecular weight excluding hydrogens is 268 g/mol. The zero-order valence-corrected chi connectivity index (χ0v) is 9.40. The van der Waals surface area contributed by atoms with Gasteiger partial charge < -0.3 is 10.4 Å². The number of halogens is 6. The first-order valence-corrected chi connectivity index (χ1v) is 5.04. The highest BCUT2D eigenvalue weighted by atomic mass is 19.4. The van der Waals surface area contributed by atoms with Crippen molar-refractivity contribution in [3.8, 4) is 0 Å². The number of aliphatic hydroxyl groups excluding tert-OH is 1. The second kappa shape index (κ2) is 6.26. The molecule has 0 saturated carbocycles. The van der Waals surface area contributed by atoms with Crippen LogP contribution in [0.1, 0.15) is 19.8 Å². The van der Waals surface area contributed by atoms with Crippen LogP contribution in [0.25, 0.3) is 0 Å². The van der Waals surface area contributed by atoms with Gasteiger partial charge in [-0.3, -0.25) is 4.79 Å². The lowest BCUT2D eigenvalue weighted by molar-refractivity contribution is -0.274. The van der Waals surface area contributed by atoms with E-state index in [0.29, 0.717) is 0 Å². The summed E-state index contributed by atoms with van der Waals surface area (Å²) in [6, 6.07) is -0.878. The lowest BCUT2D eigenvalue weighted by atomic mass is 10.1. The number of aliphatic hydroxyl groups is 1. The number of amides is 1. The van der Waals surface area contributed by atoms with Crippen LogP contribution in [0.4, 0.5) is 26.3 Å². The van der Waals surface area contributed by atoms with Crippen molar-refractivity contribution in [3.05, 3.63) is 0 Å². The van der Waals surface area contributed by atoms with Crippen LogP contribution in [0, 0.1) is 5.92 Å². The Morgan fingerprint density at radius 2 is 1.61 bits per heavy atom. The van der Waals surface area contributed by atoms with Crippen molar-refractivity contribution in [2.24, 2.45) is 5.92 Å². The molecule has 18 heavy (non-hydrogen) atoms. The van der Waals surface area contributed by atoms with E-state index < -0.39 is 30.2 Å². The molecule has 9 heteroatoms. The maximum atomic E-state index is 12.1. The lowest BCUT2D eigenvalue weighted by Crippen LogP contribution is -2.50. The molecule has 2 N–H and O–H groups in total. The highest BCUT2D eigenvalue weighted by molar-refractivity contribution is 5.80. The molecule has 0 aromatic heterocycles. The molecule has 3 nitrogen and oxygen atoms in total. The quantitative estimate of drug-likeness (QED) is 0.757. The minimum absolute atomic E-state index is 0.0880. The fraction of sp³-hybridized carbons (Fsp3) is 0.889. The van der Waals surface area contributed by atoms with Crippen molar-refractivity contribution in [3.63, 3.8) is 0 Å². The second-order valence-electron chi connectivity index (χ2n) is 3.79. The predicted octanol–water partition coefficient (Wildman–Crippen LogP) is 2.00. The van der Waals surface area contributed by atoms with E-state index in [-0.39, 0.29) is 19.4 Å². The van der Waals surface area contributed by atoms with Crippen LogP contribution in [0.5, 0.6) is 0 Å². The van der Waals surface area contributed by atoms with E-state index in [0.717, 1.165) is 0 Å². The Labute approximate surface area is 99.2 Å². The van der Waals surface area contributed by atoms with Crippen LogP contribution >= 0.6 is 0 Å². The summed E-state index contributed by atoms with van der Waals surface area (Å²) < 4.78 is 72.9. The van der Waals surface area contributed by atoms with Gasteiger partial charge in [0.15, 0.2) is 0 Å². The molecule has 0 rings (SSSR count). The first kappa shape index (κ1) is 17.0. The maximum Gasteiger partial charge on any atom is 0.409 e. The summed E-state index contributed by atoms with van der Waals surface area (Å²) in [6.07, 6.45) is -11.1. The maximum absolute atomic E-state index is 12.1. The molecule has 108 valence electrons. The average Bonchev–Trinajstić information content (AvgIpc) is 2.09. The molecule has 0 heterocycles. The first-order chi connectivity index (χ1) is 8.00. The minimum atomic E-state index is -5.68. The van der Waals surface area contributed by atoms with Gasteiger partial charge in [0.25, 0.3) is 0 Å². The van der Waals surface area contributed by atoms with Crippen molar-refractivity contribution >= 4 is 5.91 Å². The molecule has 0 fully saturated rings. The average molecular weight is 281 g/mol. The largest absolute Gasteiger partial charge is 0.409 e. The zero-order valence-electron chi connectivity index (χ0n) is 9.40. The summed E-state index contributed by atoms with van der Waals surface area (Å²) in [5, 5.41) is 10.1. The number of carbonyl (C=O) groups is 1.